The zero-order chi connectivity index (χ0) is 41.5. The summed E-state index contributed by atoms with van der Waals surface area (Å²) < 4.78 is 43.4. The number of rotatable bonds is 7. The van der Waals surface area contributed by atoms with Gasteiger partial charge in [0, 0.05) is 58.8 Å². The summed E-state index contributed by atoms with van der Waals surface area (Å²) in [7, 11) is 0. The molecule has 9 nitrogen and oxygen atoms in total. The summed E-state index contributed by atoms with van der Waals surface area (Å²) in [5.41, 5.74) is 4.69. The van der Waals surface area contributed by atoms with Crippen LogP contribution in [0, 0.1) is 24.3 Å². The van der Waals surface area contributed by atoms with Gasteiger partial charge in [-0.25, -0.2) is 19.9 Å². The van der Waals surface area contributed by atoms with Crippen LogP contribution in [0.2, 0.25) is 0 Å². The Balaban J connectivity index is 0.00000242. The van der Waals surface area contributed by atoms with Gasteiger partial charge in [0.2, 0.25) is 5.95 Å². The number of fused-ring (bicyclic) bond motifs is 9. The maximum absolute atomic E-state index is 8.26. The predicted molar refractivity (Wildman–Crippen MR) is 229 cm³/mol. The summed E-state index contributed by atoms with van der Waals surface area (Å²) in [6.07, 6.45) is 6.16. The molecule has 12 aromatic rings. The summed E-state index contributed by atoms with van der Waals surface area (Å²) in [6.45, 7) is 0. The maximum atomic E-state index is 8.26. The molecule has 0 amide bonds. The average Bonchev–Trinajstić information content (AvgIpc) is 3.91. The molecule has 0 radical (unpaired) electrons. The third-order valence-corrected chi connectivity index (χ3v) is 10.4. The van der Waals surface area contributed by atoms with E-state index in [1.54, 1.807) is 36.7 Å². The van der Waals surface area contributed by atoms with Crippen LogP contribution in [-0.4, -0.2) is 33.6 Å². The van der Waals surface area contributed by atoms with Crippen LogP contribution in [0.4, 0.5) is 0 Å². The van der Waals surface area contributed by atoms with E-state index in [1.807, 2.05) is 98.6 Å². The van der Waals surface area contributed by atoms with Gasteiger partial charge in [0.1, 0.15) is 11.6 Å². The first-order valence-electron chi connectivity index (χ1n) is 20.3. The fourth-order valence-corrected chi connectivity index (χ4v) is 7.98. The molecule has 0 spiro atoms. The van der Waals surface area contributed by atoms with Crippen LogP contribution in [-0.2, 0) is 42.1 Å². The van der Waals surface area contributed by atoms with E-state index < -0.39 is 0 Å². The van der Waals surface area contributed by atoms with Gasteiger partial charge in [-0.05, 0) is 53.2 Å². The van der Waals surface area contributed by atoms with Gasteiger partial charge in [0.05, 0.1) is 4.11 Å². The molecule has 0 bridgehead atoms. The monoisotopic (exact) mass is 1150 g/mol. The van der Waals surface area contributed by atoms with Crippen molar-refractivity contribution in [1.82, 2.24) is 33.6 Å². The van der Waals surface area contributed by atoms with Crippen LogP contribution in [0.5, 0.6) is 23.0 Å². The number of hydrogen-bond donors (Lipinski definition) is 0. The second kappa shape index (κ2) is 15.6. The van der Waals surface area contributed by atoms with Gasteiger partial charge < -0.3 is 23.2 Å². The molecule has 12 rings (SSSR count). The molecule has 6 heterocycles. The van der Waals surface area contributed by atoms with Gasteiger partial charge in [0.15, 0.2) is 0 Å². The molecule has 0 atom stereocenters. The molecule has 0 aliphatic carbocycles. The summed E-state index contributed by atoms with van der Waals surface area (Å²) in [5.74, 6) is 3.35. The van der Waals surface area contributed by atoms with Crippen molar-refractivity contribution < 1.29 is 55.7 Å². The molecule has 294 valence electrons. The third-order valence-electron chi connectivity index (χ3n) is 10.4. The minimum Gasteiger partial charge on any atom is -0.509 e. The van der Waals surface area contributed by atoms with Crippen LogP contribution in [0.3, 0.4) is 0 Å². The minimum atomic E-state index is 0. The summed E-state index contributed by atoms with van der Waals surface area (Å²) in [4.78, 5) is 18.2. The third kappa shape index (κ3) is 6.40. The molecule has 0 aliphatic heterocycles. The van der Waals surface area contributed by atoms with Crippen LogP contribution < -0.4 is 9.47 Å². The molecule has 0 saturated heterocycles. The van der Waals surface area contributed by atoms with Crippen LogP contribution in [0.1, 0.15) is 4.11 Å². The number of ether oxygens (including phenoxy) is 2. The molecular weight excluding hydrogens is 1120 g/mol. The summed E-state index contributed by atoms with van der Waals surface area (Å²) >= 11 is 0. The summed E-state index contributed by atoms with van der Waals surface area (Å²) in [5, 5.41) is 5.74. The molecular formula is C50H27N7O2Pt2. The number of pyridine rings is 2. The molecule has 0 N–H and O–H groups in total. The first-order chi connectivity index (χ1) is 30.4. The van der Waals surface area contributed by atoms with Crippen LogP contribution in [0.25, 0.3) is 83.0 Å². The largest absolute Gasteiger partial charge is 2.00 e. The number of benzene rings is 6. The Morgan fingerprint density at radius 2 is 0.770 bits per heavy atom. The topological polar surface area (TPSA) is 84.8 Å². The Labute approximate surface area is 381 Å². The van der Waals surface area contributed by atoms with Gasteiger partial charge in [0.25, 0.3) is 0 Å². The smallest absolute Gasteiger partial charge is 0.509 e. The van der Waals surface area contributed by atoms with E-state index in [2.05, 4.69) is 56.3 Å². The van der Waals surface area contributed by atoms with Crippen molar-refractivity contribution in [3.8, 4) is 40.6 Å². The normalized spacial score (nSPS) is 12.0. The van der Waals surface area contributed by atoms with Crippen LogP contribution >= 0.6 is 0 Å². The predicted octanol–water partition coefficient (Wildman–Crippen LogP) is 11.3. The van der Waals surface area contributed by atoms with Crippen molar-refractivity contribution in [2.45, 2.75) is 0 Å². The van der Waals surface area contributed by atoms with E-state index in [0.29, 0.717) is 63.7 Å². The van der Waals surface area contributed by atoms with Crippen LogP contribution in [0.15, 0.2) is 164 Å². The van der Waals surface area contributed by atoms with Gasteiger partial charge in [-0.2, -0.15) is 35.0 Å². The standard InChI is InChI=1S/C50H27N7O2.2Pt/c1-3-12-42-36(10-1)38-20-16-32(28-44(38)55(42)48-14-5-7-24-51-48)58-34-18-22-40-41-23-19-35(31-47(41)57(46(40)30-34)50-53-26-9-27-54-50)59-33-17-21-39-37-11-2-4-13-43(37)56(45(39)29-33)49-15-6-8-25-52-49;;/h1-27H;;/q-4;2*+2/i5D,6D,9D;;. The number of hydrogen-bond acceptors (Lipinski definition) is 6. The van der Waals surface area contributed by atoms with Gasteiger partial charge in [-0.15, -0.1) is 59.3 Å². The molecule has 11 heteroatoms. The molecule has 0 fully saturated rings. The molecule has 0 unspecified atom stereocenters. The molecule has 61 heavy (non-hydrogen) atoms. The first kappa shape index (κ1) is 34.9. The minimum absolute atomic E-state index is 0. The first-order valence-corrected chi connectivity index (χ1v) is 18.8. The van der Waals surface area contributed by atoms with Crippen molar-refractivity contribution >= 4 is 65.4 Å². The van der Waals surface area contributed by atoms with Crippen molar-refractivity contribution in [3.05, 3.63) is 189 Å². The molecule has 6 aromatic heterocycles. The van der Waals surface area contributed by atoms with E-state index in [0.717, 1.165) is 54.4 Å². The summed E-state index contributed by atoms with van der Waals surface area (Å²) in [6, 6.07) is 53.1. The molecule has 0 aliphatic rings. The number of aromatic nitrogens is 7. The molecule has 0 saturated carbocycles. The Morgan fingerprint density at radius 1 is 0.377 bits per heavy atom. The quantitative estimate of drug-likeness (QED) is 0.148. The van der Waals surface area contributed by atoms with E-state index in [1.165, 1.54) is 12.4 Å². The maximum Gasteiger partial charge on any atom is 2.00 e. The van der Waals surface area contributed by atoms with Crippen molar-refractivity contribution in [2.24, 2.45) is 0 Å². The zero-order valence-corrected chi connectivity index (χ0v) is 36.0. The Morgan fingerprint density at radius 3 is 1.20 bits per heavy atom. The Bertz CT molecular complexity index is 3560. The fourth-order valence-electron chi connectivity index (χ4n) is 7.98. The van der Waals surface area contributed by atoms with Crippen molar-refractivity contribution in [2.75, 3.05) is 0 Å². The van der Waals surface area contributed by atoms with Crippen molar-refractivity contribution in [3.63, 3.8) is 0 Å². The SMILES string of the molecule is [2H]c1cnc(-n2c3[c-]c(Oc4[c-]c5c(cc4)c4ccccc4n5-c4cc([2H])ccn4)ccc3c3ccc(Oc4[c-]c5c(cc4)c4ccccc4n5-c4cc([2H])ccn4)[c-]c32)nc1.[Pt+2].[Pt+2]. The average molecular weight is 1150 g/mol. The van der Waals surface area contributed by atoms with E-state index in [9.17, 15) is 0 Å². The van der Waals surface area contributed by atoms with E-state index >= 15 is 0 Å². The van der Waals surface area contributed by atoms with E-state index in [-0.39, 0.29) is 48.2 Å². The Kier molecular flexibility index (Phi) is 8.92. The zero-order valence-electron chi connectivity index (χ0n) is 34.4. The van der Waals surface area contributed by atoms with E-state index in [4.69, 9.17) is 13.6 Å². The molecule has 6 aromatic carbocycles. The number of nitrogens with zero attached hydrogens (tertiary/aromatic N) is 7. The van der Waals surface area contributed by atoms with Gasteiger partial charge in [-0.1, -0.05) is 70.5 Å². The fraction of sp³-hybridized carbons (Fsp3) is 0. The number of para-hydroxylation sites is 2. The van der Waals surface area contributed by atoms with Gasteiger partial charge in [-0.3, -0.25) is 0 Å². The Hall–Kier alpha value is -6.92. The van der Waals surface area contributed by atoms with Gasteiger partial charge >= 0.3 is 42.1 Å². The second-order valence-electron chi connectivity index (χ2n) is 13.8. The van der Waals surface area contributed by atoms with Crippen molar-refractivity contribution in [1.29, 1.82) is 0 Å². The second-order valence-corrected chi connectivity index (χ2v) is 13.8.